The van der Waals surface area contributed by atoms with Gasteiger partial charge in [-0.25, -0.2) is 0 Å². The second kappa shape index (κ2) is 103. The molecule has 0 rings (SSSR count). The van der Waals surface area contributed by atoms with Crippen molar-refractivity contribution in [1.82, 2.24) is 0 Å². The van der Waals surface area contributed by atoms with Crippen LogP contribution in [0.1, 0.15) is 0 Å². The van der Waals surface area contributed by atoms with Crippen LogP contribution in [0.4, 0.5) is 0 Å². The van der Waals surface area contributed by atoms with E-state index in [0.29, 0.717) is 0 Å². The Morgan fingerprint density at radius 3 is 0.500 bits per heavy atom. The Hall–Kier alpha value is 1.32. The average molecular weight is 299 g/mol. The molecule has 0 spiro atoms. The van der Waals surface area contributed by atoms with E-state index < -0.39 is 0 Å². The van der Waals surface area contributed by atoms with Gasteiger partial charge in [0, 0.05) is 22.4 Å². The van der Waals surface area contributed by atoms with Crippen molar-refractivity contribution in [2.75, 3.05) is 0 Å². The van der Waals surface area contributed by atoms with Gasteiger partial charge in [0.05, 0.1) is 0 Å². The minimum absolute atomic E-state index is 0. The van der Waals surface area contributed by atoms with Crippen LogP contribution in [0.3, 0.4) is 0 Å². The zero-order valence-corrected chi connectivity index (χ0v) is 9.11. The van der Waals surface area contributed by atoms with Crippen molar-refractivity contribution in [1.29, 1.82) is 0 Å². The SMILES string of the molecule is Cl.Cl.[CH3-].[CH3-].[CH3-].[Ta]. The van der Waals surface area contributed by atoms with Crippen molar-refractivity contribution < 1.29 is 22.4 Å². The quantitative estimate of drug-likeness (QED) is 0.602. The van der Waals surface area contributed by atoms with E-state index in [1.807, 2.05) is 0 Å². The van der Waals surface area contributed by atoms with Crippen LogP contribution in [0, 0.1) is 22.3 Å². The van der Waals surface area contributed by atoms with Gasteiger partial charge in [-0.05, 0) is 0 Å². The van der Waals surface area contributed by atoms with Crippen molar-refractivity contribution in [3.05, 3.63) is 22.3 Å². The number of hydrogen-bond acceptors (Lipinski definition) is 0. The Kier molecular flexibility index (Phi) is 2870. The van der Waals surface area contributed by atoms with Crippen LogP contribution in [-0.4, -0.2) is 0 Å². The molecule has 0 fully saturated rings. The first-order chi connectivity index (χ1) is 0. The summed E-state index contributed by atoms with van der Waals surface area (Å²) in [4.78, 5) is 0. The van der Waals surface area contributed by atoms with E-state index in [9.17, 15) is 0 Å². The van der Waals surface area contributed by atoms with Crippen LogP contribution in [0.15, 0.2) is 0 Å². The van der Waals surface area contributed by atoms with Crippen LogP contribution in [-0.2, 0) is 22.4 Å². The summed E-state index contributed by atoms with van der Waals surface area (Å²) in [5, 5.41) is 0. The van der Waals surface area contributed by atoms with E-state index in [1.165, 1.54) is 0 Å². The summed E-state index contributed by atoms with van der Waals surface area (Å²) in [6.07, 6.45) is 0. The summed E-state index contributed by atoms with van der Waals surface area (Å²) < 4.78 is 0. The van der Waals surface area contributed by atoms with Gasteiger partial charge in [-0.3, -0.25) is 0 Å². The Morgan fingerprint density at radius 1 is 0.500 bits per heavy atom. The van der Waals surface area contributed by atoms with Gasteiger partial charge < -0.3 is 22.3 Å². The Morgan fingerprint density at radius 2 is 0.500 bits per heavy atom. The molecule has 1 radical (unpaired) electrons. The van der Waals surface area contributed by atoms with Crippen molar-refractivity contribution in [2.24, 2.45) is 0 Å². The van der Waals surface area contributed by atoms with Crippen molar-refractivity contribution in [2.45, 2.75) is 0 Å². The molecule has 0 N–H and O–H groups in total. The first-order valence-electron chi connectivity index (χ1n) is 0. The molecule has 0 aliphatic heterocycles. The van der Waals surface area contributed by atoms with Crippen LogP contribution >= 0.6 is 24.8 Å². The molecule has 0 nitrogen and oxygen atoms in total. The molecule has 0 aliphatic rings. The molecule has 0 aromatic heterocycles. The Labute approximate surface area is 69.4 Å². The normalized spacial score (nSPS) is 0. The van der Waals surface area contributed by atoms with E-state index in [4.69, 9.17) is 0 Å². The topological polar surface area (TPSA) is 0 Å². The minimum Gasteiger partial charge on any atom is -0.358 e. The second-order valence-corrected chi connectivity index (χ2v) is 0. The molecular formula is C3H11Cl2Ta-3. The predicted octanol–water partition coefficient (Wildman–Crippen LogP) is 2.19. The van der Waals surface area contributed by atoms with Gasteiger partial charge in [0.2, 0.25) is 0 Å². The maximum Gasteiger partial charge on any atom is 0 e. The summed E-state index contributed by atoms with van der Waals surface area (Å²) in [5.41, 5.74) is 0. The Bertz CT molecular complexity index is 8.75. The third-order valence-electron chi connectivity index (χ3n) is 0. The van der Waals surface area contributed by atoms with E-state index in [0.717, 1.165) is 0 Å². The van der Waals surface area contributed by atoms with Crippen LogP contribution < -0.4 is 0 Å². The fourth-order valence-electron chi connectivity index (χ4n) is 0. The fourth-order valence-corrected chi connectivity index (χ4v) is 0. The van der Waals surface area contributed by atoms with Crippen molar-refractivity contribution in [3.8, 4) is 0 Å². The molecule has 45 valence electrons. The van der Waals surface area contributed by atoms with Gasteiger partial charge in [-0.2, -0.15) is 0 Å². The molecular weight excluding hydrogens is 288 g/mol. The molecule has 0 aromatic carbocycles. The standard InChI is InChI=1S/3CH3.2ClH.Ta/h3*1H3;2*1H;/q3*-1;;;. The van der Waals surface area contributed by atoms with Crippen LogP contribution in [0.5, 0.6) is 0 Å². The molecule has 0 unspecified atom stereocenters. The molecule has 6 heavy (non-hydrogen) atoms. The zero-order chi connectivity index (χ0) is 0. The maximum atomic E-state index is 0. The van der Waals surface area contributed by atoms with Gasteiger partial charge >= 0.3 is 0 Å². The van der Waals surface area contributed by atoms with Crippen LogP contribution in [0.25, 0.3) is 0 Å². The third-order valence-corrected chi connectivity index (χ3v) is 0. The van der Waals surface area contributed by atoms with E-state index in [1.54, 1.807) is 0 Å². The van der Waals surface area contributed by atoms with Gasteiger partial charge in [0.25, 0.3) is 0 Å². The monoisotopic (exact) mass is 298 g/mol. The number of halogens is 2. The molecule has 0 heterocycles. The average Bonchev–Trinajstić information content (AvgIpc) is 0. The van der Waals surface area contributed by atoms with E-state index in [-0.39, 0.29) is 69.5 Å². The number of hydrogen-bond donors (Lipinski definition) is 0. The number of rotatable bonds is 0. The largest absolute Gasteiger partial charge is 0.358 e. The molecule has 0 bridgehead atoms. The van der Waals surface area contributed by atoms with E-state index >= 15 is 0 Å². The van der Waals surface area contributed by atoms with Crippen molar-refractivity contribution >= 4 is 24.8 Å². The molecule has 0 saturated heterocycles. The van der Waals surface area contributed by atoms with Crippen LogP contribution in [0.2, 0.25) is 0 Å². The molecule has 0 amide bonds. The van der Waals surface area contributed by atoms with Gasteiger partial charge in [0.15, 0.2) is 0 Å². The third kappa shape index (κ3) is 57.0. The zero-order valence-electron chi connectivity index (χ0n) is 4.26. The molecule has 0 aromatic rings. The second-order valence-electron chi connectivity index (χ2n) is 0. The first-order valence-corrected chi connectivity index (χ1v) is 0. The summed E-state index contributed by atoms with van der Waals surface area (Å²) in [5.74, 6) is 0. The predicted molar refractivity (Wildman–Crippen MR) is 33.7 cm³/mol. The van der Waals surface area contributed by atoms with Gasteiger partial charge in [-0.15, -0.1) is 24.8 Å². The summed E-state index contributed by atoms with van der Waals surface area (Å²) >= 11 is 0. The molecule has 0 atom stereocenters. The molecule has 3 heteroatoms. The molecule has 0 aliphatic carbocycles. The maximum absolute atomic E-state index is 0. The fraction of sp³-hybridized carbons (Fsp3) is 0. The molecule has 0 saturated carbocycles. The Balaban J connectivity index is 0. The summed E-state index contributed by atoms with van der Waals surface area (Å²) in [6, 6.07) is 0. The van der Waals surface area contributed by atoms with Crippen molar-refractivity contribution in [3.63, 3.8) is 0 Å². The first kappa shape index (κ1) is 168. The van der Waals surface area contributed by atoms with E-state index in [2.05, 4.69) is 0 Å². The minimum atomic E-state index is 0. The summed E-state index contributed by atoms with van der Waals surface area (Å²) in [7, 11) is 0. The summed E-state index contributed by atoms with van der Waals surface area (Å²) in [6.45, 7) is 0. The van der Waals surface area contributed by atoms with Gasteiger partial charge in [-0.1, -0.05) is 0 Å². The smallest absolute Gasteiger partial charge is 0 e. The van der Waals surface area contributed by atoms with Gasteiger partial charge in [0.1, 0.15) is 0 Å².